The summed E-state index contributed by atoms with van der Waals surface area (Å²) in [4.78, 5) is 29.3. The molecule has 1 amide bonds. The second-order valence-corrected chi connectivity index (χ2v) is 6.57. The Kier molecular flexibility index (Phi) is 6.19. The summed E-state index contributed by atoms with van der Waals surface area (Å²) < 4.78 is 10.6. The zero-order chi connectivity index (χ0) is 20.4. The first-order chi connectivity index (χ1) is 12.5. The van der Waals surface area contributed by atoms with Crippen molar-refractivity contribution in [2.24, 2.45) is 0 Å². The van der Waals surface area contributed by atoms with Crippen LogP contribution in [0.2, 0.25) is 0 Å². The standard InChI is InChI=1S/C15H24N4O8/c1-14(24)11(21)9(8-20)27-15(14,25)19-5-4-10(16-12(19)22)17-13(23)26-7-6-18(2)3/h4-5,9,11,20-21,24-25H,6-8H2,1-3H3,(H,16,17,22,23)/t9-,11-,14-,15-/m1/s1. The van der Waals surface area contributed by atoms with Crippen LogP contribution in [0, 0.1) is 0 Å². The zero-order valence-electron chi connectivity index (χ0n) is 15.2. The molecular weight excluding hydrogens is 364 g/mol. The lowest BCUT2D eigenvalue weighted by Gasteiger charge is -2.35. The van der Waals surface area contributed by atoms with Gasteiger partial charge >= 0.3 is 11.8 Å². The van der Waals surface area contributed by atoms with Gasteiger partial charge in [0.1, 0.15) is 24.6 Å². The fourth-order valence-electron chi connectivity index (χ4n) is 2.55. The van der Waals surface area contributed by atoms with Crippen molar-refractivity contribution in [1.82, 2.24) is 14.5 Å². The summed E-state index contributed by atoms with van der Waals surface area (Å²) in [7, 11) is 3.62. The molecule has 0 aliphatic carbocycles. The van der Waals surface area contributed by atoms with Crippen molar-refractivity contribution >= 4 is 11.9 Å². The minimum absolute atomic E-state index is 0.132. The fourth-order valence-corrected chi connectivity index (χ4v) is 2.55. The molecule has 0 bridgehead atoms. The minimum Gasteiger partial charge on any atom is -0.448 e. The number of nitrogens with one attached hydrogen (secondary N) is 1. The third kappa shape index (κ3) is 4.10. The van der Waals surface area contributed by atoms with E-state index in [-0.39, 0.29) is 12.4 Å². The quantitative estimate of drug-likeness (QED) is 0.350. The highest BCUT2D eigenvalue weighted by atomic mass is 16.7. The molecule has 1 fully saturated rings. The number of amides is 1. The van der Waals surface area contributed by atoms with Gasteiger partial charge in [0, 0.05) is 12.7 Å². The monoisotopic (exact) mass is 388 g/mol. The van der Waals surface area contributed by atoms with Crippen molar-refractivity contribution in [3.8, 4) is 0 Å². The number of hydrogen-bond acceptors (Lipinski definition) is 10. The van der Waals surface area contributed by atoms with Crippen LogP contribution in [0.15, 0.2) is 17.1 Å². The SMILES string of the molecule is CN(C)CCOC(=O)Nc1ccn([C@]2(O)O[C@H](CO)[C@@H](O)[C@@]2(C)O)c(=O)n1. The van der Waals surface area contributed by atoms with Crippen molar-refractivity contribution in [2.45, 2.75) is 30.6 Å². The predicted octanol–water partition coefficient (Wildman–Crippen LogP) is -2.54. The topological polar surface area (TPSA) is 167 Å². The molecule has 27 heavy (non-hydrogen) atoms. The van der Waals surface area contributed by atoms with E-state index in [1.165, 1.54) is 6.07 Å². The molecule has 1 saturated heterocycles. The second-order valence-electron chi connectivity index (χ2n) is 6.57. The van der Waals surface area contributed by atoms with Gasteiger partial charge in [-0.15, -0.1) is 0 Å². The summed E-state index contributed by atoms with van der Waals surface area (Å²) in [6.45, 7) is 0.997. The van der Waals surface area contributed by atoms with Crippen LogP contribution in [0.3, 0.4) is 0 Å². The van der Waals surface area contributed by atoms with Gasteiger partial charge in [-0.05, 0) is 27.1 Å². The molecule has 0 unspecified atom stereocenters. The van der Waals surface area contributed by atoms with Gasteiger partial charge in [-0.25, -0.2) is 14.2 Å². The van der Waals surface area contributed by atoms with E-state index in [1.807, 2.05) is 19.0 Å². The largest absolute Gasteiger partial charge is 0.448 e. The number of nitrogens with zero attached hydrogens (tertiary/aromatic N) is 3. The van der Waals surface area contributed by atoms with Crippen molar-refractivity contribution in [2.75, 3.05) is 39.2 Å². The number of aliphatic hydroxyl groups is 4. The Labute approximate surface area is 154 Å². The highest BCUT2D eigenvalue weighted by Crippen LogP contribution is 2.40. The van der Waals surface area contributed by atoms with Gasteiger partial charge in [-0.3, -0.25) is 5.32 Å². The number of aliphatic hydroxyl groups excluding tert-OH is 2. The maximum atomic E-state index is 12.3. The van der Waals surface area contributed by atoms with E-state index in [1.54, 1.807) is 0 Å². The van der Waals surface area contributed by atoms with E-state index in [9.17, 15) is 30.0 Å². The van der Waals surface area contributed by atoms with Gasteiger partial charge in [0.25, 0.3) is 5.91 Å². The summed E-state index contributed by atoms with van der Waals surface area (Å²) >= 11 is 0. The lowest BCUT2D eigenvalue weighted by molar-refractivity contribution is -0.321. The first-order valence-electron chi connectivity index (χ1n) is 8.13. The smallest absolute Gasteiger partial charge is 0.412 e. The third-order valence-electron chi connectivity index (χ3n) is 4.22. The van der Waals surface area contributed by atoms with Crippen molar-refractivity contribution in [1.29, 1.82) is 0 Å². The van der Waals surface area contributed by atoms with Crippen LogP contribution in [0.25, 0.3) is 0 Å². The maximum absolute atomic E-state index is 12.3. The van der Waals surface area contributed by atoms with Gasteiger partial charge < -0.3 is 34.8 Å². The molecule has 0 spiro atoms. The van der Waals surface area contributed by atoms with Crippen molar-refractivity contribution < 1.29 is 34.7 Å². The van der Waals surface area contributed by atoms with Crippen LogP contribution in [-0.2, 0) is 15.4 Å². The molecule has 1 aromatic heterocycles. The number of carbonyl (C=O) groups excluding carboxylic acids is 1. The van der Waals surface area contributed by atoms with E-state index in [2.05, 4.69) is 10.3 Å². The van der Waals surface area contributed by atoms with Gasteiger partial charge in [0.2, 0.25) is 0 Å². The first-order valence-corrected chi connectivity index (χ1v) is 8.13. The molecule has 1 aliphatic rings. The summed E-state index contributed by atoms with van der Waals surface area (Å²) in [5.74, 6) is -2.82. The summed E-state index contributed by atoms with van der Waals surface area (Å²) in [6, 6.07) is 1.17. The van der Waals surface area contributed by atoms with Crippen LogP contribution in [0.4, 0.5) is 10.6 Å². The van der Waals surface area contributed by atoms with Crippen LogP contribution < -0.4 is 11.0 Å². The first kappa shape index (κ1) is 21.2. The van der Waals surface area contributed by atoms with E-state index >= 15 is 0 Å². The Hall–Kier alpha value is -2.09. The molecule has 2 rings (SSSR count). The minimum atomic E-state index is -2.67. The van der Waals surface area contributed by atoms with Crippen LogP contribution in [0.5, 0.6) is 0 Å². The molecule has 0 saturated carbocycles. The van der Waals surface area contributed by atoms with E-state index in [4.69, 9.17) is 9.47 Å². The molecule has 152 valence electrons. The third-order valence-corrected chi connectivity index (χ3v) is 4.22. The normalized spacial score (nSPS) is 30.5. The molecule has 1 aromatic rings. The average molecular weight is 388 g/mol. The Morgan fingerprint density at radius 2 is 2.15 bits per heavy atom. The Bertz CT molecular complexity index is 737. The number of anilines is 1. The van der Waals surface area contributed by atoms with E-state index in [0.717, 1.165) is 13.1 Å². The Balaban J connectivity index is 2.17. The fraction of sp³-hybridized carbons (Fsp3) is 0.667. The number of carbonyl (C=O) groups is 1. The number of rotatable bonds is 6. The van der Waals surface area contributed by atoms with E-state index in [0.29, 0.717) is 11.1 Å². The summed E-state index contributed by atoms with van der Waals surface area (Å²) in [6.07, 6.45) is -2.78. The van der Waals surface area contributed by atoms with Gasteiger partial charge in [-0.1, -0.05) is 0 Å². The van der Waals surface area contributed by atoms with Crippen molar-refractivity contribution in [3.63, 3.8) is 0 Å². The molecular formula is C15H24N4O8. The number of hydrogen-bond donors (Lipinski definition) is 5. The Morgan fingerprint density at radius 1 is 1.48 bits per heavy atom. The molecule has 4 atom stereocenters. The van der Waals surface area contributed by atoms with Crippen LogP contribution >= 0.6 is 0 Å². The van der Waals surface area contributed by atoms with Gasteiger partial charge in [0.05, 0.1) is 6.61 Å². The number of aromatic nitrogens is 2. The Morgan fingerprint density at radius 3 is 2.67 bits per heavy atom. The molecule has 2 heterocycles. The number of likely N-dealkylation sites (N-methyl/N-ethyl adjacent to an activating group) is 1. The maximum Gasteiger partial charge on any atom is 0.412 e. The molecule has 12 nitrogen and oxygen atoms in total. The zero-order valence-corrected chi connectivity index (χ0v) is 15.2. The molecule has 0 radical (unpaired) electrons. The molecule has 0 aromatic carbocycles. The average Bonchev–Trinajstić information content (AvgIpc) is 2.75. The second kappa shape index (κ2) is 7.88. The van der Waals surface area contributed by atoms with Crippen LogP contribution in [0.1, 0.15) is 6.92 Å². The van der Waals surface area contributed by atoms with Crippen molar-refractivity contribution in [3.05, 3.63) is 22.7 Å². The number of ether oxygens (including phenoxy) is 2. The van der Waals surface area contributed by atoms with Gasteiger partial charge in [0.15, 0.2) is 5.60 Å². The van der Waals surface area contributed by atoms with Crippen LogP contribution in [-0.4, -0.2) is 92.6 Å². The lowest BCUT2D eigenvalue weighted by atomic mass is 9.94. The highest BCUT2D eigenvalue weighted by molar-refractivity contribution is 5.83. The van der Waals surface area contributed by atoms with E-state index < -0.39 is 42.1 Å². The summed E-state index contributed by atoms with van der Waals surface area (Å²) in [5, 5.41) is 42.5. The predicted molar refractivity (Wildman–Crippen MR) is 90.8 cm³/mol. The molecule has 5 N–H and O–H groups in total. The summed E-state index contributed by atoms with van der Waals surface area (Å²) in [5.41, 5.74) is -3.39. The molecule has 1 aliphatic heterocycles. The molecule has 12 heteroatoms. The lowest BCUT2D eigenvalue weighted by Crippen LogP contribution is -2.58. The highest BCUT2D eigenvalue weighted by Gasteiger charge is 2.64. The van der Waals surface area contributed by atoms with Gasteiger partial charge in [-0.2, -0.15) is 4.98 Å².